The Hall–Kier alpha value is -3.48. The lowest BCUT2D eigenvalue weighted by Gasteiger charge is -2.29. The second-order valence-corrected chi connectivity index (χ2v) is 6.92. The van der Waals surface area contributed by atoms with Gasteiger partial charge in [-0.2, -0.15) is 10.1 Å². The Balaban J connectivity index is 1.77. The molecule has 1 atom stereocenters. The van der Waals surface area contributed by atoms with Gasteiger partial charge in [0.05, 0.1) is 5.57 Å². The number of aryl methyl sites for hydroxylation is 2. The van der Waals surface area contributed by atoms with Crippen LogP contribution >= 0.6 is 0 Å². The number of amides is 1. The fraction of sp³-hybridized carbons (Fsp3) is 0.190. The number of rotatable bonds is 3. The third-order valence-corrected chi connectivity index (χ3v) is 4.83. The zero-order valence-electron chi connectivity index (χ0n) is 15.8. The highest BCUT2D eigenvalue weighted by atomic mass is 19.1. The Bertz CT molecular complexity index is 1100. The molecule has 1 amide bonds. The first kappa shape index (κ1) is 17.9. The first-order valence-electron chi connectivity index (χ1n) is 8.95. The Labute approximate surface area is 162 Å². The van der Waals surface area contributed by atoms with Gasteiger partial charge in [0.1, 0.15) is 18.2 Å². The third-order valence-electron chi connectivity index (χ3n) is 4.83. The first-order chi connectivity index (χ1) is 13.4. The predicted octanol–water partition coefficient (Wildman–Crippen LogP) is 3.96. The van der Waals surface area contributed by atoms with Gasteiger partial charge in [0.15, 0.2) is 0 Å². The topological polar surface area (TPSA) is 71.8 Å². The smallest absolute Gasteiger partial charge is 0.255 e. The van der Waals surface area contributed by atoms with Gasteiger partial charge in [-0.15, -0.1) is 0 Å². The van der Waals surface area contributed by atoms with E-state index >= 15 is 0 Å². The van der Waals surface area contributed by atoms with E-state index in [0.717, 1.165) is 16.8 Å². The van der Waals surface area contributed by atoms with E-state index in [-0.39, 0.29) is 11.7 Å². The number of halogens is 1. The van der Waals surface area contributed by atoms with E-state index in [1.54, 1.807) is 23.7 Å². The monoisotopic (exact) mass is 377 g/mol. The Morgan fingerprint density at radius 1 is 1.18 bits per heavy atom. The SMILES string of the molecule is CC1=C(C(=O)Nc2ccc(C)cc2C)[C@H](c2cccc(F)c2)n2ncnc2N1. The number of fused-ring (bicyclic) bond motifs is 1. The van der Waals surface area contributed by atoms with E-state index in [2.05, 4.69) is 20.7 Å². The third kappa shape index (κ3) is 3.15. The van der Waals surface area contributed by atoms with Gasteiger partial charge in [0, 0.05) is 11.4 Å². The summed E-state index contributed by atoms with van der Waals surface area (Å²) in [6.07, 6.45) is 1.41. The molecule has 2 aromatic carbocycles. The Kier molecular flexibility index (Phi) is 4.43. The number of carbonyl (C=O) groups is 1. The fourth-order valence-corrected chi connectivity index (χ4v) is 3.51. The van der Waals surface area contributed by atoms with Crippen LogP contribution in [-0.4, -0.2) is 20.7 Å². The van der Waals surface area contributed by atoms with Gasteiger partial charge in [-0.25, -0.2) is 9.07 Å². The van der Waals surface area contributed by atoms with Crippen LogP contribution in [-0.2, 0) is 4.79 Å². The maximum Gasteiger partial charge on any atom is 0.255 e. The van der Waals surface area contributed by atoms with Crippen LogP contribution in [0.2, 0.25) is 0 Å². The van der Waals surface area contributed by atoms with Crippen molar-refractivity contribution in [3.8, 4) is 0 Å². The molecule has 1 aromatic heterocycles. The summed E-state index contributed by atoms with van der Waals surface area (Å²) < 4.78 is 15.5. The molecule has 1 aliphatic rings. The molecule has 0 saturated heterocycles. The lowest BCUT2D eigenvalue weighted by Crippen LogP contribution is -2.31. The number of nitrogens with one attached hydrogen (secondary N) is 2. The summed E-state index contributed by atoms with van der Waals surface area (Å²) in [6.45, 7) is 5.76. The average Bonchev–Trinajstić information content (AvgIpc) is 3.10. The number of anilines is 2. The van der Waals surface area contributed by atoms with Crippen molar-refractivity contribution in [1.29, 1.82) is 0 Å². The molecule has 0 spiro atoms. The number of carbonyl (C=O) groups excluding carboxylic acids is 1. The predicted molar refractivity (Wildman–Crippen MR) is 105 cm³/mol. The average molecular weight is 377 g/mol. The second-order valence-electron chi connectivity index (χ2n) is 6.92. The van der Waals surface area contributed by atoms with Gasteiger partial charge in [0.25, 0.3) is 5.91 Å². The summed E-state index contributed by atoms with van der Waals surface area (Å²) in [6, 6.07) is 11.4. The molecule has 4 rings (SSSR count). The minimum Gasteiger partial charge on any atom is -0.328 e. The molecule has 0 bridgehead atoms. The molecule has 0 fully saturated rings. The summed E-state index contributed by atoms with van der Waals surface area (Å²) in [5, 5.41) is 10.3. The van der Waals surface area contributed by atoms with Crippen molar-refractivity contribution < 1.29 is 9.18 Å². The van der Waals surface area contributed by atoms with E-state index in [9.17, 15) is 9.18 Å². The van der Waals surface area contributed by atoms with E-state index in [1.807, 2.05) is 32.0 Å². The van der Waals surface area contributed by atoms with Crippen LogP contribution in [0.4, 0.5) is 16.0 Å². The van der Waals surface area contributed by atoms with Crippen molar-refractivity contribution in [2.24, 2.45) is 0 Å². The normalized spacial score (nSPS) is 15.8. The quantitative estimate of drug-likeness (QED) is 0.725. The number of allylic oxidation sites excluding steroid dienone is 1. The van der Waals surface area contributed by atoms with Crippen molar-refractivity contribution >= 4 is 17.5 Å². The first-order valence-corrected chi connectivity index (χ1v) is 8.95. The summed E-state index contributed by atoms with van der Waals surface area (Å²) in [5.74, 6) is -0.133. The molecule has 1 aliphatic heterocycles. The second kappa shape index (κ2) is 6.92. The lowest BCUT2D eigenvalue weighted by atomic mass is 9.95. The molecule has 0 unspecified atom stereocenters. The molecule has 2 N–H and O–H groups in total. The van der Waals surface area contributed by atoms with Gasteiger partial charge in [-0.05, 0) is 50.1 Å². The highest BCUT2D eigenvalue weighted by Crippen LogP contribution is 2.35. The molecular weight excluding hydrogens is 357 g/mol. The van der Waals surface area contributed by atoms with Crippen LogP contribution in [0, 0.1) is 19.7 Å². The molecule has 0 radical (unpaired) electrons. The molecule has 7 heteroatoms. The zero-order chi connectivity index (χ0) is 19.8. The molecule has 142 valence electrons. The lowest BCUT2D eigenvalue weighted by molar-refractivity contribution is -0.113. The maximum absolute atomic E-state index is 13.9. The minimum atomic E-state index is -0.583. The van der Waals surface area contributed by atoms with Crippen molar-refractivity contribution in [2.45, 2.75) is 26.8 Å². The van der Waals surface area contributed by atoms with Gasteiger partial charge in [0.2, 0.25) is 5.95 Å². The minimum absolute atomic E-state index is 0.271. The number of aromatic nitrogens is 3. The van der Waals surface area contributed by atoms with Gasteiger partial charge in [-0.3, -0.25) is 4.79 Å². The van der Waals surface area contributed by atoms with Crippen molar-refractivity contribution in [3.05, 3.63) is 82.6 Å². The Morgan fingerprint density at radius 2 is 2.00 bits per heavy atom. The molecule has 28 heavy (non-hydrogen) atoms. The summed E-state index contributed by atoms with van der Waals surface area (Å²) in [4.78, 5) is 17.4. The number of benzene rings is 2. The number of nitrogens with zero attached hydrogens (tertiary/aromatic N) is 3. The van der Waals surface area contributed by atoms with Crippen LogP contribution in [0.25, 0.3) is 0 Å². The molecular formula is C21H20FN5O. The van der Waals surface area contributed by atoms with Crippen molar-refractivity contribution in [1.82, 2.24) is 14.8 Å². The van der Waals surface area contributed by atoms with Crippen LogP contribution < -0.4 is 10.6 Å². The van der Waals surface area contributed by atoms with E-state index < -0.39 is 6.04 Å². The maximum atomic E-state index is 13.9. The van der Waals surface area contributed by atoms with Crippen LogP contribution in [0.1, 0.15) is 29.7 Å². The summed E-state index contributed by atoms with van der Waals surface area (Å²) in [5.41, 5.74) is 4.56. The number of hydrogen-bond acceptors (Lipinski definition) is 4. The fourth-order valence-electron chi connectivity index (χ4n) is 3.51. The molecule has 3 aromatic rings. The Morgan fingerprint density at radius 3 is 2.75 bits per heavy atom. The standard InChI is InChI=1S/C21H20FN5O/c1-12-7-8-17(13(2)9-12)26-20(28)18-14(3)25-21-23-11-24-27(21)19(18)15-5-4-6-16(22)10-15/h4-11,19H,1-3H3,(H,26,28)(H,23,24,25)/t19-/m0/s1. The van der Waals surface area contributed by atoms with Gasteiger partial charge >= 0.3 is 0 Å². The summed E-state index contributed by atoms with van der Waals surface area (Å²) in [7, 11) is 0. The largest absolute Gasteiger partial charge is 0.328 e. The highest BCUT2D eigenvalue weighted by Gasteiger charge is 2.33. The molecule has 0 saturated carbocycles. The molecule has 0 aliphatic carbocycles. The zero-order valence-corrected chi connectivity index (χ0v) is 15.8. The van der Waals surface area contributed by atoms with Crippen molar-refractivity contribution in [3.63, 3.8) is 0 Å². The van der Waals surface area contributed by atoms with E-state index in [1.165, 1.54) is 18.5 Å². The molecule has 2 heterocycles. The van der Waals surface area contributed by atoms with Gasteiger partial charge < -0.3 is 10.6 Å². The highest BCUT2D eigenvalue weighted by molar-refractivity contribution is 6.06. The van der Waals surface area contributed by atoms with Gasteiger partial charge in [-0.1, -0.05) is 29.8 Å². The van der Waals surface area contributed by atoms with Crippen LogP contribution in [0.15, 0.2) is 60.1 Å². The van der Waals surface area contributed by atoms with E-state index in [0.29, 0.717) is 22.8 Å². The molecule has 6 nitrogen and oxygen atoms in total. The van der Waals surface area contributed by atoms with Crippen LogP contribution in [0.3, 0.4) is 0 Å². The van der Waals surface area contributed by atoms with Crippen molar-refractivity contribution in [2.75, 3.05) is 10.6 Å². The number of hydrogen-bond donors (Lipinski definition) is 2. The summed E-state index contributed by atoms with van der Waals surface area (Å²) >= 11 is 0. The van der Waals surface area contributed by atoms with Crippen LogP contribution in [0.5, 0.6) is 0 Å². The van der Waals surface area contributed by atoms with E-state index in [4.69, 9.17) is 0 Å².